The van der Waals surface area contributed by atoms with Crippen molar-refractivity contribution >= 4 is 33.7 Å². The van der Waals surface area contributed by atoms with Crippen molar-refractivity contribution in [3.05, 3.63) is 27.7 Å². The molecule has 1 aromatic rings. The van der Waals surface area contributed by atoms with Gasteiger partial charge in [0, 0.05) is 9.37 Å². The van der Waals surface area contributed by atoms with Crippen LogP contribution in [-0.4, -0.2) is 18.1 Å². The Kier molecular flexibility index (Phi) is 5.89. The van der Waals surface area contributed by atoms with Gasteiger partial charge < -0.3 is 4.74 Å². The van der Waals surface area contributed by atoms with Crippen LogP contribution in [0.5, 0.6) is 0 Å². The summed E-state index contributed by atoms with van der Waals surface area (Å²) < 4.78 is 42.1. The molecule has 1 aromatic carbocycles. The molecule has 0 saturated carbocycles. The lowest BCUT2D eigenvalue weighted by Crippen LogP contribution is -2.08. The van der Waals surface area contributed by atoms with Gasteiger partial charge in [-0.15, -0.1) is 0 Å². The van der Waals surface area contributed by atoms with Crippen LogP contribution in [0.15, 0.2) is 21.5 Å². The van der Waals surface area contributed by atoms with E-state index < -0.39 is 11.5 Å². The Labute approximate surface area is 126 Å². The predicted octanol–water partition coefficient (Wildman–Crippen LogP) is 4.04. The third kappa shape index (κ3) is 5.06. The van der Waals surface area contributed by atoms with Crippen molar-refractivity contribution in [2.24, 2.45) is 0 Å². The van der Waals surface area contributed by atoms with Crippen molar-refractivity contribution in [3.63, 3.8) is 0 Å². The SMILES string of the molecule is CCOC(=O)Cc1cc(C#N)c(Br)c(SC(F)(F)F)c1. The molecule has 20 heavy (non-hydrogen) atoms. The van der Waals surface area contributed by atoms with Gasteiger partial charge in [0.15, 0.2) is 0 Å². The van der Waals surface area contributed by atoms with Crippen LogP contribution in [0.2, 0.25) is 0 Å². The van der Waals surface area contributed by atoms with E-state index >= 15 is 0 Å². The number of alkyl halides is 3. The first-order valence-electron chi connectivity index (χ1n) is 5.40. The van der Waals surface area contributed by atoms with Crippen LogP contribution >= 0.6 is 27.7 Å². The monoisotopic (exact) mass is 367 g/mol. The fourth-order valence-electron chi connectivity index (χ4n) is 1.42. The highest BCUT2D eigenvalue weighted by Crippen LogP contribution is 2.42. The van der Waals surface area contributed by atoms with E-state index in [1.165, 1.54) is 12.1 Å². The zero-order valence-corrected chi connectivity index (χ0v) is 12.7. The molecule has 0 aliphatic carbocycles. The minimum absolute atomic E-state index is 0.0403. The van der Waals surface area contributed by atoms with Gasteiger partial charge in [-0.2, -0.15) is 18.4 Å². The fourth-order valence-corrected chi connectivity index (χ4v) is 2.64. The van der Waals surface area contributed by atoms with E-state index in [4.69, 9.17) is 10.00 Å². The summed E-state index contributed by atoms with van der Waals surface area (Å²) in [5, 5.41) is 8.92. The molecular formula is C12H9BrF3NO2S. The van der Waals surface area contributed by atoms with Gasteiger partial charge in [-0.25, -0.2) is 0 Å². The molecule has 0 heterocycles. The maximum Gasteiger partial charge on any atom is 0.446 e. The summed E-state index contributed by atoms with van der Waals surface area (Å²) in [6, 6.07) is 4.37. The van der Waals surface area contributed by atoms with E-state index in [2.05, 4.69) is 15.9 Å². The minimum atomic E-state index is -4.47. The molecule has 8 heteroatoms. The summed E-state index contributed by atoms with van der Waals surface area (Å²) in [5.74, 6) is -0.554. The molecule has 0 aromatic heterocycles. The van der Waals surface area contributed by atoms with Crippen molar-refractivity contribution in [3.8, 4) is 6.07 Å². The van der Waals surface area contributed by atoms with Gasteiger partial charge in [0.25, 0.3) is 0 Å². The third-order valence-corrected chi connectivity index (χ3v) is 3.99. The second-order valence-electron chi connectivity index (χ2n) is 3.60. The number of hydrogen-bond donors (Lipinski definition) is 0. The van der Waals surface area contributed by atoms with Gasteiger partial charge in [-0.1, -0.05) is 0 Å². The molecule has 0 atom stereocenters. The lowest BCUT2D eigenvalue weighted by Gasteiger charge is -2.11. The largest absolute Gasteiger partial charge is 0.466 e. The van der Waals surface area contributed by atoms with Crippen LogP contribution in [0.1, 0.15) is 18.1 Å². The van der Waals surface area contributed by atoms with Crippen molar-refractivity contribution < 1.29 is 22.7 Å². The van der Waals surface area contributed by atoms with Crippen molar-refractivity contribution in [2.45, 2.75) is 23.7 Å². The molecule has 3 nitrogen and oxygen atoms in total. The molecule has 0 N–H and O–H groups in total. The average Bonchev–Trinajstić information content (AvgIpc) is 2.31. The standard InChI is InChI=1S/C12H9BrF3NO2S/c1-2-19-10(18)5-7-3-8(6-17)11(13)9(4-7)20-12(14,15)16/h3-4H,2,5H2,1H3. The number of carbonyl (C=O) groups is 1. The zero-order chi connectivity index (χ0) is 15.3. The summed E-state index contributed by atoms with van der Waals surface area (Å²) in [7, 11) is 0. The Bertz CT molecular complexity index is 555. The molecule has 0 amide bonds. The molecule has 0 aliphatic heterocycles. The first-order valence-corrected chi connectivity index (χ1v) is 7.01. The van der Waals surface area contributed by atoms with Crippen LogP contribution < -0.4 is 0 Å². The number of benzene rings is 1. The van der Waals surface area contributed by atoms with Crippen LogP contribution in [0.3, 0.4) is 0 Å². The Morgan fingerprint density at radius 3 is 2.65 bits per heavy atom. The van der Waals surface area contributed by atoms with E-state index in [1.807, 2.05) is 0 Å². The quantitative estimate of drug-likeness (QED) is 0.595. The molecule has 0 unspecified atom stereocenters. The van der Waals surface area contributed by atoms with Crippen LogP contribution in [0.4, 0.5) is 13.2 Å². The third-order valence-electron chi connectivity index (χ3n) is 2.10. The van der Waals surface area contributed by atoms with Crippen molar-refractivity contribution in [2.75, 3.05) is 6.61 Å². The molecule has 0 fully saturated rings. The zero-order valence-electron chi connectivity index (χ0n) is 10.3. The number of halogens is 4. The molecule has 0 radical (unpaired) electrons. The number of ether oxygens (including phenoxy) is 1. The average molecular weight is 368 g/mol. The first-order chi connectivity index (χ1) is 9.26. The second kappa shape index (κ2) is 6.99. The van der Waals surface area contributed by atoms with E-state index in [-0.39, 0.29) is 39.7 Å². The van der Waals surface area contributed by atoms with Gasteiger partial charge in [-0.3, -0.25) is 4.79 Å². The van der Waals surface area contributed by atoms with E-state index in [1.54, 1.807) is 13.0 Å². The number of hydrogen-bond acceptors (Lipinski definition) is 4. The van der Waals surface area contributed by atoms with Crippen LogP contribution in [0.25, 0.3) is 0 Å². The van der Waals surface area contributed by atoms with Gasteiger partial charge >= 0.3 is 11.5 Å². The number of carbonyl (C=O) groups excluding carboxylic acids is 1. The molecule has 0 saturated heterocycles. The molecule has 0 aliphatic rings. The summed E-state index contributed by atoms with van der Waals surface area (Å²) in [6.07, 6.45) is -0.179. The van der Waals surface area contributed by atoms with E-state index in [0.29, 0.717) is 5.56 Å². The summed E-state index contributed by atoms with van der Waals surface area (Å²) in [6.45, 7) is 1.82. The van der Waals surface area contributed by atoms with Crippen LogP contribution in [0, 0.1) is 11.3 Å². The highest BCUT2D eigenvalue weighted by Gasteiger charge is 2.31. The van der Waals surface area contributed by atoms with E-state index in [0.717, 1.165) is 0 Å². The van der Waals surface area contributed by atoms with Gasteiger partial charge in [0.2, 0.25) is 0 Å². The molecule has 0 spiro atoms. The number of rotatable bonds is 4. The Morgan fingerprint density at radius 2 is 2.15 bits per heavy atom. The lowest BCUT2D eigenvalue weighted by atomic mass is 10.1. The topological polar surface area (TPSA) is 50.1 Å². The van der Waals surface area contributed by atoms with Gasteiger partial charge in [-0.05, 0) is 52.3 Å². The second-order valence-corrected chi connectivity index (χ2v) is 5.50. The lowest BCUT2D eigenvalue weighted by molar-refractivity contribution is -0.142. The van der Waals surface area contributed by atoms with Gasteiger partial charge in [0.05, 0.1) is 18.6 Å². The van der Waals surface area contributed by atoms with Gasteiger partial charge in [0.1, 0.15) is 6.07 Å². The maximum atomic E-state index is 12.4. The molecular weight excluding hydrogens is 359 g/mol. The Balaban J connectivity index is 3.12. The first kappa shape index (κ1) is 16.9. The van der Waals surface area contributed by atoms with Crippen molar-refractivity contribution in [1.29, 1.82) is 5.26 Å². The number of thioether (sulfide) groups is 1. The summed E-state index contributed by atoms with van der Waals surface area (Å²) in [4.78, 5) is 11.2. The number of esters is 1. The highest BCUT2D eigenvalue weighted by molar-refractivity contribution is 9.10. The Hall–Kier alpha value is -1.20. The van der Waals surface area contributed by atoms with Crippen LogP contribution in [-0.2, 0) is 16.0 Å². The molecule has 0 bridgehead atoms. The normalized spacial score (nSPS) is 11.0. The Morgan fingerprint density at radius 1 is 1.50 bits per heavy atom. The molecule has 1 rings (SSSR count). The minimum Gasteiger partial charge on any atom is -0.466 e. The fraction of sp³-hybridized carbons (Fsp3) is 0.333. The highest BCUT2D eigenvalue weighted by atomic mass is 79.9. The smallest absolute Gasteiger partial charge is 0.446 e. The predicted molar refractivity (Wildman–Crippen MR) is 71.1 cm³/mol. The number of nitriles is 1. The molecule has 108 valence electrons. The summed E-state index contributed by atoms with van der Waals surface area (Å²) >= 11 is 2.63. The summed E-state index contributed by atoms with van der Waals surface area (Å²) in [5.41, 5.74) is -4.13. The maximum absolute atomic E-state index is 12.4. The van der Waals surface area contributed by atoms with E-state index in [9.17, 15) is 18.0 Å². The van der Waals surface area contributed by atoms with Crippen molar-refractivity contribution in [1.82, 2.24) is 0 Å². The number of nitrogens with zero attached hydrogens (tertiary/aromatic N) is 1.